The van der Waals surface area contributed by atoms with Gasteiger partial charge in [-0.15, -0.1) is 0 Å². The van der Waals surface area contributed by atoms with E-state index in [1.54, 1.807) is 0 Å². The second kappa shape index (κ2) is 6.03. The van der Waals surface area contributed by atoms with E-state index in [-0.39, 0.29) is 11.6 Å². The van der Waals surface area contributed by atoms with Crippen molar-refractivity contribution in [2.24, 2.45) is 11.3 Å². The summed E-state index contributed by atoms with van der Waals surface area (Å²) in [6, 6.07) is 0. The van der Waals surface area contributed by atoms with Gasteiger partial charge in [0.2, 0.25) is 0 Å². The Labute approximate surface area is 136 Å². The number of carbonyl (C=O) groups excluding carboxylic acids is 1. The summed E-state index contributed by atoms with van der Waals surface area (Å²) < 4.78 is 5.48. The predicted octanol–water partition coefficient (Wildman–Crippen LogP) is 3.80. The molecule has 0 radical (unpaired) electrons. The van der Waals surface area contributed by atoms with E-state index in [1.165, 1.54) is 12.8 Å². The summed E-state index contributed by atoms with van der Waals surface area (Å²) in [4.78, 5) is 14.0. The Morgan fingerprint density at radius 3 is 2.27 bits per heavy atom. The van der Waals surface area contributed by atoms with Crippen molar-refractivity contribution in [2.75, 3.05) is 19.6 Å². The summed E-state index contributed by atoms with van der Waals surface area (Å²) in [5, 5.41) is 3.77. The minimum Gasteiger partial charge on any atom is -0.444 e. The third kappa shape index (κ3) is 4.87. The average molecular weight is 310 g/mol. The minimum absolute atomic E-state index is 0.161. The smallest absolute Gasteiger partial charge is 0.410 e. The van der Waals surface area contributed by atoms with Crippen LogP contribution in [0.1, 0.15) is 67.2 Å². The SMILES string of the molecule is CC(C)(C)CC1CNC2(CCN(C(=O)OC(C)(C)C)CC2)C1. The molecular formula is C18H34N2O2. The van der Waals surface area contributed by atoms with Gasteiger partial charge in [0, 0.05) is 18.6 Å². The van der Waals surface area contributed by atoms with E-state index < -0.39 is 5.60 Å². The van der Waals surface area contributed by atoms with Gasteiger partial charge in [-0.2, -0.15) is 0 Å². The third-order valence-electron chi connectivity index (χ3n) is 4.72. The highest BCUT2D eigenvalue weighted by Crippen LogP contribution is 2.38. The first-order valence-corrected chi connectivity index (χ1v) is 8.71. The molecule has 2 aliphatic rings. The van der Waals surface area contributed by atoms with Crippen LogP contribution in [0, 0.1) is 11.3 Å². The number of ether oxygens (including phenoxy) is 1. The zero-order chi connectivity index (χ0) is 16.6. The van der Waals surface area contributed by atoms with Gasteiger partial charge >= 0.3 is 6.09 Å². The number of rotatable bonds is 1. The van der Waals surface area contributed by atoms with E-state index in [4.69, 9.17) is 4.74 Å². The summed E-state index contributed by atoms with van der Waals surface area (Å²) in [5.41, 5.74) is 0.249. The Hall–Kier alpha value is -0.770. The number of nitrogens with zero attached hydrogens (tertiary/aromatic N) is 1. The predicted molar refractivity (Wildman–Crippen MR) is 90.0 cm³/mol. The van der Waals surface area contributed by atoms with Crippen molar-refractivity contribution in [3.63, 3.8) is 0 Å². The first kappa shape index (κ1) is 17.6. The van der Waals surface area contributed by atoms with Crippen LogP contribution in [-0.2, 0) is 4.74 Å². The highest BCUT2D eigenvalue weighted by molar-refractivity contribution is 5.68. The van der Waals surface area contributed by atoms with Gasteiger partial charge in [-0.1, -0.05) is 20.8 Å². The van der Waals surface area contributed by atoms with Gasteiger partial charge in [0.05, 0.1) is 0 Å². The Morgan fingerprint density at radius 2 is 1.77 bits per heavy atom. The number of carbonyl (C=O) groups is 1. The molecule has 0 aromatic carbocycles. The number of nitrogens with one attached hydrogen (secondary N) is 1. The highest BCUT2D eigenvalue weighted by Gasteiger charge is 2.42. The largest absolute Gasteiger partial charge is 0.444 e. The summed E-state index contributed by atoms with van der Waals surface area (Å²) in [5.74, 6) is 0.771. The van der Waals surface area contributed by atoms with Crippen molar-refractivity contribution in [3.05, 3.63) is 0 Å². The molecule has 2 saturated heterocycles. The minimum atomic E-state index is -0.407. The van der Waals surface area contributed by atoms with Crippen LogP contribution in [0.25, 0.3) is 0 Å². The number of hydrogen-bond donors (Lipinski definition) is 1. The molecule has 2 heterocycles. The van der Waals surface area contributed by atoms with Gasteiger partial charge in [0.15, 0.2) is 0 Å². The van der Waals surface area contributed by atoms with Gasteiger partial charge in [0.1, 0.15) is 5.60 Å². The molecule has 22 heavy (non-hydrogen) atoms. The van der Waals surface area contributed by atoms with Crippen LogP contribution in [0.3, 0.4) is 0 Å². The van der Waals surface area contributed by atoms with E-state index in [0.29, 0.717) is 5.41 Å². The third-order valence-corrected chi connectivity index (χ3v) is 4.72. The molecule has 1 amide bonds. The second-order valence-electron chi connectivity index (χ2n) is 9.46. The molecule has 1 atom stereocenters. The number of likely N-dealkylation sites (tertiary alicyclic amines) is 1. The van der Waals surface area contributed by atoms with Crippen molar-refractivity contribution in [2.45, 2.75) is 78.4 Å². The molecule has 4 heteroatoms. The topological polar surface area (TPSA) is 41.6 Å². The molecule has 0 aromatic rings. The van der Waals surface area contributed by atoms with E-state index in [9.17, 15) is 4.79 Å². The van der Waals surface area contributed by atoms with Crippen molar-refractivity contribution in [1.29, 1.82) is 0 Å². The molecule has 2 aliphatic heterocycles. The maximum Gasteiger partial charge on any atom is 0.410 e. The molecular weight excluding hydrogens is 276 g/mol. The Kier molecular flexibility index (Phi) is 4.82. The lowest BCUT2D eigenvalue weighted by atomic mass is 9.78. The van der Waals surface area contributed by atoms with E-state index in [2.05, 4.69) is 26.1 Å². The number of amides is 1. The fourth-order valence-corrected chi connectivity index (χ4v) is 3.89. The maximum absolute atomic E-state index is 12.2. The van der Waals surface area contributed by atoms with Crippen LogP contribution < -0.4 is 5.32 Å². The summed E-state index contributed by atoms with van der Waals surface area (Å²) >= 11 is 0. The zero-order valence-corrected chi connectivity index (χ0v) is 15.3. The first-order chi connectivity index (χ1) is 9.98. The molecule has 1 N–H and O–H groups in total. The first-order valence-electron chi connectivity index (χ1n) is 8.71. The molecule has 0 saturated carbocycles. The van der Waals surface area contributed by atoms with E-state index >= 15 is 0 Å². The molecule has 0 bridgehead atoms. The standard InChI is InChI=1S/C18H34N2O2/c1-16(2,3)11-14-12-18(19-13-14)7-9-20(10-8-18)15(21)22-17(4,5)6/h14,19H,7-13H2,1-6H3. The van der Waals surface area contributed by atoms with Crippen LogP contribution in [0.15, 0.2) is 0 Å². The molecule has 4 nitrogen and oxygen atoms in total. The van der Waals surface area contributed by atoms with Gasteiger partial charge in [-0.25, -0.2) is 4.79 Å². The monoisotopic (exact) mass is 310 g/mol. The van der Waals surface area contributed by atoms with E-state index in [1.807, 2.05) is 25.7 Å². The summed E-state index contributed by atoms with van der Waals surface area (Å²) in [7, 11) is 0. The van der Waals surface area contributed by atoms with Crippen LogP contribution in [0.5, 0.6) is 0 Å². The lowest BCUT2D eigenvalue weighted by Crippen LogP contribution is -2.52. The van der Waals surface area contributed by atoms with Crippen LogP contribution in [-0.4, -0.2) is 41.8 Å². The molecule has 128 valence electrons. The molecule has 1 unspecified atom stereocenters. The Bertz CT molecular complexity index is 398. The zero-order valence-electron chi connectivity index (χ0n) is 15.3. The fraction of sp³-hybridized carbons (Fsp3) is 0.944. The van der Waals surface area contributed by atoms with Gasteiger partial charge in [-0.3, -0.25) is 0 Å². The van der Waals surface area contributed by atoms with Gasteiger partial charge < -0.3 is 15.0 Å². The van der Waals surface area contributed by atoms with Crippen molar-refractivity contribution >= 4 is 6.09 Å². The molecule has 2 rings (SSSR count). The Balaban J connectivity index is 1.84. The number of hydrogen-bond acceptors (Lipinski definition) is 3. The maximum atomic E-state index is 12.2. The summed E-state index contributed by atoms with van der Waals surface area (Å²) in [6.07, 6.45) is 4.47. The van der Waals surface area contributed by atoms with Gasteiger partial charge in [-0.05, 0) is 64.3 Å². The molecule has 2 fully saturated rings. The average Bonchev–Trinajstić information content (AvgIpc) is 2.68. The van der Waals surface area contributed by atoms with Crippen LogP contribution >= 0.6 is 0 Å². The molecule has 0 aromatic heterocycles. The highest BCUT2D eigenvalue weighted by atomic mass is 16.6. The van der Waals surface area contributed by atoms with Crippen LogP contribution in [0.4, 0.5) is 4.79 Å². The summed E-state index contributed by atoms with van der Waals surface area (Å²) in [6.45, 7) is 15.5. The molecule has 0 aliphatic carbocycles. The lowest BCUT2D eigenvalue weighted by molar-refractivity contribution is 0.0155. The second-order valence-corrected chi connectivity index (χ2v) is 9.46. The normalized spacial score (nSPS) is 25.5. The number of piperidine rings is 1. The fourth-order valence-electron chi connectivity index (χ4n) is 3.89. The van der Waals surface area contributed by atoms with Crippen LogP contribution in [0.2, 0.25) is 0 Å². The van der Waals surface area contributed by atoms with Crippen molar-refractivity contribution in [1.82, 2.24) is 10.2 Å². The lowest BCUT2D eigenvalue weighted by Gasteiger charge is -2.40. The van der Waals surface area contributed by atoms with E-state index in [0.717, 1.165) is 38.4 Å². The van der Waals surface area contributed by atoms with Crippen molar-refractivity contribution in [3.8, 4) is 0 Å². The van der Waals surface area contributed by atoms with Gasteiger partial charge in [0.25, 0.3) is 0 Å². The Morgan fingerprint density at radius 1 is 1.18 bits per heavy atom. The molecule has 1 spiro atoms. The quantitative estimate of drug-likeness (QED) is 0.801. The van der Waals surface area contributed by atoms with Crippen molar-refractivity contribution < 1.29 is 9.53 Å².